The largest absolute Gasteiger partial charge is 0.477 e. The second-order valence-corrected chi connectivity index (χ2v) is 10.6. The van der Waals surface area contributed by atoms with Gasteiger partial charge in [0.05, 0.1) is 36.5 Å². The minimum absolute atomic E-state index is 0.00319. The molecule has 1 unspecified atom stereocenters. The Labute approximate surface area is 196 Å². The third-order valence-corrected chi connectivity index (χ3v) is 8.53. The molecule has 4 aliphatic rings. The summed E-state index contributed by atoms with van der Waals surface area (Å²) in [6.45, 7) is 5.39. The van der Waals surface area contributed by atoms with Crippen LogP contribution in [0, 0.1) is 17.2 Å². The van der Waals surface area contributed by atoms with Gasteiger partial charge in [0.2, 0.25) is 11.8 Å². The van der Waals surface area contributed by atoms with Crippen LogP contribution in [0.4, 0.5) is 0 Å². The van der Waals surface area contributed by atoms with Crippen LogP contribution in [0.2, 0.25) is 0 Å². The highest BCUT2D eigenvalue weighted by Crippen LogP contribution is 2.51. The highest BCUT2D eigenvalue weighted by Gasteiger charge is 2.60. The Kier molecular flexibility index (Phi) is 6.72. The molecule has 0 radical (unpaired) electrons. The Hall–Kier alpha value is -2.15. The summed E-state index contributed by atoms with van der Waals surface area (Å²) in [4.78, 5) is 42.8. The second kappa shape index (κ2) is 9.24. The molecule has 0 aromatic heterocycles. The summed E-state index contributed by atoms with van der Waals surface area (Å²) in [6, 6.07) is -0.788. The molecule has 182 valence electrons. The summed E-state index contributed by atoms with van der Waals surface area (Å²) in [5, 5.41) is 40.5. The first-order valence-corrected chi connectivity index (χ1v) is 12.1. The number of hydrogen-bond donors (Lipinski definition) is 5. The molecule has 4 aliphatic heterocycles. The average Bonchev–Trinajstić information content (AvgIpc) is 3.24. The molecule has 0 spiro atoms. The monoisotopic (exact) mass is 481 g/mol. The molecule has 7 atom stereocenters. The van der Waals surface area contributed by atoms with Gasteiger partial charge >= 0.3 is 5.97 Å². The van der Waals surface area contributed by atoms with Crippen LogP contribution in [0.15, 0.2) is 10.6 Å². The fraction of sp³-hybridized carbons (Fsp3) is 0.714. The highest BCUT2D eigenvalue weighted by atomic mass is 32.2. The van der Waals surface area contributed by atoms with E-state index in [9.17, 15) is 29.7 Å². The van der Waals surface area contributed by atoms with Crippen molar-refractivity contribution in [1.29, 1.82) is 5.41 Å². The standard InChI is InChI=1S/C21H31N5O6S/c1-10-16-15(11(2)27)20(30)26(16)17(21(31)32)18(10)33-13-5-14(23-6-13)19(29)25-4-3-24(9-22)7-12(28)8-25/h9-16,22-23,27-28H,3-8H2,1-2H3,(H,31,32)/t10-,11-,12?,13+,14+,15-,16-/m1/s1. The number of β-lactam (4-membered cyclic amide) rings is 1. The minimum Gasteiger partial charge on any atom is -0.477 e. The number of amides is 2. The van der Waals surface area contributed by atoms with Gasteiger partial charge in [-0.1, -0.05) is 6.92 Å². The molecule has 33 heavy (non-hydrogen) atoms. The average molecular weight is 482 g/mol. The van der Waals surface area contributed by atoms with Crippen molar-refractivity contribution >= 4 is 35.9 Å². The maximum Gasteiger partial charge on any atom is 0.353 e. The van der Waals surface area contributed by atoms with E-state index in [0.717, 1.165) is 0 Å². The fourth-order valence-corrected chi connectivity index (χ4v) is 6.87. The molecule has 2 amide bonds. The Balaban J connectivity index is 1.43. The van der Waals surface area contributed by atoms with Crippen LogP contribution >= 0.6 is 11.8 Å². The number of carboxylic acid groups (broad SMARTS) is 1. The molecule has 4 heterocycles. The number of nitrogens with one attached hydrogen (secondary N) is 2. The van der Waals surface area contributed by atoms with Crippen molar-refractivity contribution in [2.75, 3.05) is 32.7 Å². The molecule has 3 fully saturated rings. The van der Waals surface area contributed by atoms with Crippen molar-refractivity contribution in [2.45, 2.75) is 49.8 Å². The number of carbonyl (C=O) groups excluding carboxylic acids is 2. The predicted molar refractivity (Wildman–Crippen MR) is 120 cm³/mol. The Bertz CT molecular complexity index is 881. The first-order chi connectivity index (χ1) is 15.6. The lowest BCUT2D eigenvalue weighted by Crippen LogP contribution is -2.63. The van der Waals surface area contributed by atoms with Crippen LogP contribution in [0.3, 0.4) is 0 Å². The SMILES string of the molecule is C[C@@H](O)[C@H]1C(=O)N2C(C(=O)O)=C(S[C@@H]3CN[C@H](C(=O)N4CCN(C=N)CC(O)C4)C3)[C@H](C)[C@H]12. The lowest BCUT2D eigenvalue weighted by atomic mass is 9.79. The molecule has 11 nitrogen and oxygen atoms in total. The van der Waals surface area contributed by atoms with Crippen LogP contribution < -0.4 is 5.32 Å². The number of carbonyl (C=O) groups is 3. The molecular weight excluding hydrogens is 450 g/mol. The van der Waals surface area contributed by atoms with Gasteiger partial charge in [-0.3, -0.25) is 15.0 Å². The number of rotatable bonds is 6. The van der Waals surface area contributed by atoms with E-state index in [-0.39, 0.29) is 41.3 Å². The summed E-state index contributed by atoms with van der Waals surface area (Å²) in [6.07, 6.45) is 0.107. The molecule has 5 N–H and O–H groups in total. The molecule has 0 bridgehead atoms. The number of fused-ring (bicyclic) bond motifs is 1. The van der Waals surface area contributed by atoms with E-state index < -0.39 is 30.1 Å². The fourth-order valence-electron chi connectivity index (χ4n) is 5.39. The zero-order valence-electron chi connectivity index (χ0n) is 18.7. The van der Waals surface area contributed by atoms with E-state index in [1.807, 2.05) is 6.92 Å². The van der Waals surface area contributed by atoms with Crippen LogP contribution in [0.25, 0.3) is 0 Å². The third-order valence-electron chi connectivity index (χ3n) is 7.02. The molecule has 0 aromatic rings. The maximum absolute atomic E-state index is 13.1. The third kappa shape index (κ3) is 4.25. The molecular formula is C21H31N5O6S. The molecule has 0 saturated carbocycles. The van der Waals surface area contributed by atoms with Gasteiger partial charge in [0.1, 0.15) is 5.70 Å². The molecule has 0 aliphatic carbocycles. The summed E-state index contributed by atoms with van der Waals surface area (Å²) >= 11 is 1.40. The lowest BCUT2D eigenvalue weighted by molar-refractivity contribution is -0.163. The van der Waals surface area contributed by atoms with Crippen LogP contribution in [-0.4, -0.2) is 116 Å². The quantitative estimate of drug-likeness (QED) is 0.177. The van der Waals surface area contributed by atoms with Gasteiger partial charge in [0.25, 0.3) is 0 Å². The second-order valence-electron chi connectivity index (χ2n) is 9.27. The maximum atomic E-state index is 13.1. The molecule has 4 rings (SSSR count). The van der Waals surface area contributed by atoms with Crippen molar-refractivity contribution in [3.05, 3.63) is 10.6 Å². The van der Waals surface area contributed by atoms with Gasteiger partial charge in [-0.25, -0.2) is 4.79 Å². The number of aliphatic carboxylic acids is 1. The van der Waals surface area contributed by atoms with Gasteiger partial charge in [-0.2, -0.15) is 0 Å². The van der Waals surface area contributed by atoms with Crippen molar-refractivity contribution in [3.63, 3.8) is 0 Å². The van der Waals surface area contributed by atoms with E-state index in [1.165, 1.54) is 23.0 Å². The van der Waals surface area contributed by atoms with E-state index in [0.29, 0.717) is 37.5 Å². The van der Waals surface area contributed by atoms with Crippen LogP contribution in [0.5, 0.6) is 0 Å². The summed E-state index contributed by atoms with van der Waals surface area (Å²) in [5.41, 5.74) is -0.00319. The zero-order chi connectivity index (χ0) is 24.0. The molecule has 0 aromatic carbocycles. The topological polar surface area (TPSA) is 157 Å². The van der Waals surface area contributed by atoms with Crippen LogP contribution in [-0.2, 0) is 14.4 Å². The van der Waals surface area contributed by atoms with Crippen molar-refractivity contribution < 1.29 is 29.7 Å². The van der Waals surface area contributed by atoms with Crippen LogP contribution in [0.1, 0.15) is 20.3 Å². The highest BCUT2D eigenvalue weighted by molar-refractivity contribution is 8.03. The molecule has 12 heteroatoms. The number of aliphatic hydroxyl groups is 2. The summed E-state index contributed by atoms with van der Waals surface area (Å²) in [5.74, 6) is -2.42. The molecule has 3 saturated heterocycles. The lowest BCUT2D eigenvalue weighted by Gasteiger charge is -2.46. The van der Waals surface area contributed by atoms with Gasteiger partial charge in [0.15, 0.2) is 0 Å². The smallest absolute Gasteiger partial charge is 0.353 e. The normalized spacial score (nSPS) is 35.3. The summed E-state index contributed by atoms with van der Waals surface area (Å²) in [7, 11) is 0. The number of hydrogen-bond acceptors (Lipinski definition) is 8. The minimum atomic E-state index is -1.16. The first-order valence-electron chi connectivity index (χ1n) is 11.2. The Morgan fingerprint density at radius 3 is 2.67 bits per heavy atom. The zero-order valence-corrected chi connectivity index (χ0v) is 19.5. The van der Waals surface area contributed by atoms with E-state index in [2.05, 4.69) is 5.32 Å². The van der Waals surface area contributed by atoms with Crippen molar-refractivity contribution in [1.82, 2.24) is 20.0 Å². The van der Waals surface area contributed by atoms with Gasteiger partial charge < -0.3 is 35.3 Å². The Morgan fingerprint density at radius 2 is 2.03 bits per heavy atom. The number of thioether (sulfide) groups is 1. The van der Waals surface area contributed by atoms with E-state index in [4.69, 9.17) is 5.41 Å². The predicted octanol–water partition coefficient (Wildman–Crippen LogP) is -1.28. The van der Waals surface area contributed by atoms with Crippen molar-refractivity contribution in [3.8, 4) is 0 Å². The number of aliphatic hydroxyl groups excluding tert-OH is 2. The first kappa shape index (κ1) is 24.0. The number of β-amino-alcohol motifs (C(OH)–C–C–N with tert-alkyl or cyclic N) is 1. The van der Waals surface area contributed by atoms with E-state index in [1.54, 1.807) is 16.7 Å². The van der Waals surface area contributed by atoms with Gasteiger partial charge in [-0.15, -0.1) is 11.8 Å². The summed E-state index contributed by atoms with van der Waals surface area (Å²) < 4.78 is 0. The van der Waals surface area contributed by atoms with E-state index >= 15 is 0 Å². The van der Waals surface area contributed by atoms with Crippen molar-refractivity contribution in [2.24, 2.45) is 11.8 Å². The number of nitrogens with zero attached hydrogens (tertiary/aromatic N) is 3. The number of carboxylic acids is 1. The Morgan fingerprint density at radius 1 is 1.30 bits per heavy atom. The van der Waals surface area contributed by atoms with Gasteiger partial charge in [0, 0.05) is 48.8 Å². The van der Waals surface area contributed by atoms with Gasteiger partial charge in [-0.05, 0) is 13.3 Å².